The van der Waals surface area contributed by atoms with Gasteiger partial charge in [0.05, 0.1) is 4.91 Å². The number of aliphatic carboxylic acids is 1. The van der Waals surface area contributed by atoms with Gasteiger partial charge in [-0.15, -0.1) is 0 Å². The third kappa shape index (κ3) is 3.22. The van der Waals surface area contributed by atoms with Gasteiger partial charge in [-0.25, -0.2) is 4.79 Å². The Kier molecular flexibility index (Phi) is 4.73. The summed E-state index contributed by atoms with van der Waals surface area (Å²) in [6, 6.07) is 11.0. The van der Waals surface area contributed by atoms with E-state index in [9.17, 15) is 14.7 Å². The Hall–Kier alpha value is -2.51. The van der Waals surface area contributed by atoms with E-state index in [0.717, 1.165) is 22.2 Å². The number of nitrogens with zero attached hydrogens (tertiary/aromatic N) is 2. The maximum atomic E-state index is 12.7. The number of carbonyl (C=O) groups is 2. The molecule has 5 nitrogen and oxygen atoms in total. The Bertz CT molecular complexity index is 822. The summed E-state index contributed by atoms with van der Waals surface area (Å²) in [5.41, 5.74) is 1.26. The number of pyridine rings is 1. The number of amides is 1. The molecule has 1 atom stereocenters. The number of aromatic nitrogens is 1. The lowest BCUT2D eigenvalue weighted by atomic mass is 10.1. The lowest BCUT2D eigenvalue weighted by Crippen LogP contribution is -2.37. The van der Waals surface area contributed by atoms with Crippen LogP contribution < -0.4 is 0 Å². The first-order valence-electron chi connectivity index (χ1n) is 7.03. The predicted molar refractivity (Wildman–Crippen MR) is 96.1 cm³/mol. The number of hydrogen-bond acceptors (Lipinski definition) is 5. The van der Waals surface area contributed by atoms with Crippen LogP contribution in [-0.4, -0.2) is 31.2 Å². The number of carbonyl (C=O) groups excluding carboxylic acids is 1. The molecule has 1 N–H and O–H groups in total. The van der Waals surface area contributed by atoms with E-state index in [1.807, 2.05) is 6.07 Å². The Balaban J connectivity index is 1.96. The van der Waals surface area contributed by atoms with Crippen LogP contribution in [0.1, 0.15) is 17.2 Å². The van der Waals surface area contributed by atoms with Crippen LogP contribution in [0, 0.1) is 0 Å². The number of thiocarbonyl (C=S) groups is 1. The van der Waals surface area contributed by atoms with E-state index in [2.05, 4.69) is 4.98 Å². The van der Waals surface area contributed by atoms with Crippen molar-refractivity contribution in [2.24, 2.45) is 0 Å². The standard InChI is InChI=1S/C17H12N2O3S2/c20-15-13(9-11-5-4-8-18-10-11)24-17(23)19(15)14(16(21)22)12-6-2-1-3-7-12/h1-10,14H,(H,21,22)/b13-9+/t14-/m0/s1. The van der Waals surface area contributed by atoms with E-state index in [1.54, 1.807) is 54.9 Å². The Labute approximate surface area is 148 Å². The van der Waals surface area contributed by atoms with Crippen LogP contribution in [0.4, 0.5) is 0 Å². The van der Waals surface area contributed by atoms with Crippen molar-refractivity contribution in [1.29, 1.82) is 0 Å². The Morgan fingerprint density at radius 1 is 1.25 bits per heavy atom. The fraction of sp³-hybridized carbons (Fsp3) is 0.0588. The highest BCUT2D eigenvalue weighted by Crippen LogP contribution is 2.38. The number of carboxylic acids is 1. The van der Waals surface area contributed by atoms with Crippen molar-refractivity contribution in [3.8, 4) is 0 Å². The molecule has 1 aromatic carbocycles. The van der Waals surface area contributed by atoms with Crippen molar-refractivity contribution in [1.82, 2.24) is 9.88 Å². The molecule has 2 heterocycles. The molecule has 1 aliphatic heterocycles. The highest BCUT2D eigenvalue weighted by atomic mass is 32.2. The fourth-order valence-electron chi connectivity index (χ4n) is 2.35. The van der Waals surface area contributed by atoms with Crippen LogP contribution in [0.15, 0.2) is 59.8 Å². The van der Waals surface area contributed by atoms with Crippen LogP contribution >= 0.6 is 24.0 Å². The summed E-state index contributed by atoms with van der Waals surface area (Å²) in [4.78, 5) is 30.0. The molecule has 3 rings (SSSR count). The van der Waals surface area contributed by atoms with Crippen molar-refractivity contribution in [3.05, 3.63) is 70.9 Å². The molecule has 1 amide bonds. The quantitative estimate of drug-likeness (QED) is 0.670. The minimum atomic E-state index is -1.14. The zero-order chi connectivity index (χ0) is 17.1. The summed E-state index contributed by atoms with van der Waals surface area (Å²) >= 11 is 6.35. The summed E-state index contributed by atoms with van der Waals surface area (Å²) in [6.45, 7) is 0. The lowest BCUT2D eigenvalue weighted by molar-refractivity contribution is -0.145. The SMILES string of the molecule is O=C(O)[C@H](c1ccccc1)N1C(=O)/C(=C\c2cccnc2)SC1=S. The predicted octanol–water partition coefficient (Wildman–Crippen LogP) is 3.11. The zero-order valence-electron chi connectivity index (χ0n) is 12.3. The van der Waals surface area contributed by atoms with Gasteiger partial charge in [0.1, 0.15) is 4.32 Å². The summed E-state index contributed by atoms with van der Waals surface area (Å²) in [5.74, 6) is -1.54. The molecule has 0 saturated carbocycles. The first-order valence-corrected chi connectivity index (χ1v) is 8.25. The number of benzene rings is 1. The van der Waals surface area contributed by atoms with Crippen molar-refractivity contribution in [2.45, 2.75) is 6.04 Å². The van der Waals surface area contributed by atoms with Gasteiger partial charge in [-0.05, 0) is 23.3 Å². The Morgan fingerprint density at radius 3 is 2.62 bits per heavy atom. The molecule has 1 saturated heterocycles. The molecule has 0 aliphatic carbocycles. The highest BCUT2D eigenvalue weighted by molar-refractivity contribution is 8.26. The van der Waals surface area contributed by atoms with Gasteiger partial charge in [0, 0.05) is 12.4 Å². The largest absolute Gasteiger partial charge is 0.479 e. The van der Waals surface area contributed by atoms with Crippen molar-refractivity contribution < 1.29 is 14.7 Å². The highest BCUT2D eigenvalue weighted by Gasteiger charge is 2.41. The molecule has 0 bridgehead atoms. The summed E-state index contributed by atoms with van der Waals surface area (Å²) in [7, 11) is 0. The summed E-state index contributed by atoms with van der Waals surface area (Å²) in [5, 5.41) is 9.61. The van der Waals surface area contributed by atoms with Gasteiger partial charge >= 0.3 is 5.97 Å². The maximum absolute atomic E-state index is 12.7. The first-order chi connectivity index (χ1) is 11.6. The third-order valence-electron chi connectivity index (χ3n) is 3.41. The average molecular weight is 356 g/mol. The van der Waals surface area contributed by atoms with E-state index in [4.69, 9.17) is 12.2 Å². The van der Waals surface area contributed by atoms with Crippen LogP contribution in [0.3, 0.4) is 0 Å². The topological polar surface area (TPSA) is 70.5 Å². The van der Waals surface area contributed by atoms with E-state index >= 15 is 0 Å². The Morgan fingerprint density at radius 2 is 2.00 bits per heavy atom. The van der Waals surface area contributed by atoms with Gasteiger partial charge in [0.15, 0.2) is 6.04 Å². The van der Waals surface area contributed by atoms with Crippen LogP contribution in [0.2, 0.25) is 0 Å². The lowest BCUT2D eigenvalue weighted by Gasteiger charge is -2.23. The second kappa shape index (κ2) is 6.94. The van der Waals surface area contributed by atoms with Gasteiger partial charge < -0.3 is 5.11 Å². The summed E-state index contributed by atoms with van der Waals surface area (Å²) < 4.78 is 0.228. The molecule has 1 aromatic heterocycles. The molecule has 120 valence electrons. The summed E-state index contributed by atoms with van der Waals surface area (Å²) in [6.07, 6.45) is 4.92. The van der Waals surface area contributed by atoms with Crippen LogP contribution in [0.25, 0.3) is 6.08 Å². The fourth-order valence-corrected chi connectivity index (χ4v) is 3.67. The molecular formula is C17H12N2O3S2. The zero-order valence-corrected chi connectivity index (χ0v) is 14.0. The van der Waals surface area contributed by atoms with Crippen molar-refractivity contribution in [2.75, 3.05) is 0 Å². The van der Waals surface area contributed by atoms with Gasteiger partial charge in [0.25, 0.3) is 5.91 Å². The first kappa shape index (κ1) is 16.4. The number of rotatable bonds is 4. The smallest absolute Gasteiger partial charge is 0.331 e. The van der Waals surface area contributed by atoms with Gasteiger partial charge in [-0.3, -0.25) is 14.7 Å². The molecule has 0 unspecified atom stereocenters. The van der Waals surface area contributed by atoms with E-state index < -0.39 is 17.9 Å². The van der Waals surface area contributed by atoms with Gasteiger partial charge in [-0.1, -0.05) is 60.4 Å². The van der Waals surface area contributed by atoms with Crippen molar-refractivity contribution in [3.63, 3.8) is 0 Å². The number of hydrogen-bond donors (Lipinski definition) is 1. The molecule has 2 aromatic rings. The number of carboxylic acid groups (broad SMARTS) is 1. The molecular weight excluding hydrogens is 344 g/mol. The molecule has 24 heavy (non-hydrogen) atoms. The van der Waals surface area contributed by atoms with Crippen LogP contribution in [-0.2, 0) is 9.59 Å². The van der Waals surface area contributed by atoms with E-state index in [0.29, 0.717) is 10.5 Å². The molecule has 1 fully saturated rings. The average Bonchev–Trinajstić information content (AvgIpc) is 2.85. The normalized spacial score (nSPS) is 17.3. The molecule has 0 radical (unpaired) electrons. The van der Waals surface area contributed by atoms with E-state index in [1.165, 1.54) is 0 Å². The maximum Gasteiger partial charge on any atom is 0.331 e. The molecule has 7 heteroatoms. The van der Waals surface area contributed by atoms with Gasteiger partial charge in [0.2, 0.25) is 0 Å². The minimum Gasteiger partial charge on any atom is -0.479 e. The van der Waals surface area contributed by atoms with Gasteiger partial charge in [-0.2, -0.15) is 0 Å². The second-order valence-electron chi connectivity index (χ2n) is 4.99. The van der Waals surface area contributed by atoms with E-state index in [-0.39, 0.29) is 4.32 Å². The third-order valence-corrected chi connectivity index (χ3v) is 4.74. The minimum absolute atomic E-state index is 0.228. The second-order valence-corrected chi connectivity index (χ2v) is 6.67. The number of thioether (sulfide) groups is 1. The molecule has 1 aliphatic rings. The van der Waals surface area contributed by atoms with Crippen LogP contribution in [0.5, 0.6) is 0 Å². The molecule has 0 spiro atoms. The van der Waals surface area contributed by atoms with Crippen molar-refractivity contribution >= 4 is 46.3 Å². The monoisotopic (exact) mass is 356 g/mol.